The van der Waals surface area contributed by atoms with Crippen LogP contribution in [-0.4, -0.2) is 4.98 Å². The van der Waals surface area contributed by atoms with Crippen LogP contribution in [0.5, 0.6) is 0 Å². The van der Waals surface area contributed by atoms with E-state index in [2.05, 4.69) is 32.8 Å². The van der Waals surface area contributed by atoms with Crippen molar-refractivity contribution in [2.75, 3.05) is 0 Å². The zero-order chi connectivity index (χ0) is 12.4. The summed E-state index contributed by atoms with van der Waals surface area (Å²) in [5.74, 6) is 6.76. The van der Waals surface area contributed by atoms with Crippen LogP contribution in [0.3, 0.4) is 0 Å². The fourth-order valence-electron chi connectivity index (χ4n) is 1.66. The van der Waals surface area contributed by atoms with Crippen LogP contribution in [0.4, 0.5) is 0 Å². The van der Waals surface area contributed by atoms with Crippen molar-refractivity contribution in [2.24, 2.45) is 0 Å². The molecule has 0 fully saturated rings. The molecule has 2 aromatic rings. The Morgan fingerprint density at radius 1 is 1.53 bits per heavy atom. The summed E-state index contributed by atoms with van der Waals surface area (Å²) in [4.78, 5) is 4.27. The highest BCUT2D eigenvalue weighted by Gasteiger charge is 2.15. The number of aromatic nitrogens is 1. The molecule has 17 heavy (non-hydrogen) atoms. The molecule has 0 saturated carbocycles. The van der Waals surface area contributed by atoms with E-state index in [1.54, 1.807) is 6.07 Å². The van der Waals surface area contributed by atoms with E-state index in [0.717, 1.165) is 39.7 Å². The molecule has 0 radical (unpaired) electrons. The summed E-state index contributed by atoms with van der Waals surface area (Å²) in [6, 6.07) is 1.80. The van der Waals surface area contributed by atoms with Crippen LogP contribution >= 0.6 is 27.5 Å². The first-order valence-electron chi connectivity index (χ1n) is 5.27. The number of fused-ring (bicyclic) bond motifs is 1. The van der Waals surface area contributed by atoms with Gasteiger partial charge in [-0.15, -0.1) is 11.8 Å². The standard InChI is InChI=1S/C13H11BrClNO/c1-3-4-5-6-9-11(14)12-13(17-9)8(2)7-10(15)16-12/h7H,5-6H2,1-2H3. The lowest BCUT2D eigenvalue weighted by Gasteiger charge is -1.94. The van der Waals surface area contributed by atoms with Crippen LogP contribution in [0, 0.1) is 18.8 Å². The maximum atomic E-state index is 5.94. The molecule has 0 aliphatic heterocycles. The summed E-state index contributed by atoms with van der Waals surface area (Å²) in [5.41, 5.74) is 2.57. The third-order valence-corrected chi connectivity index (χ3v) is 3.47. The molecule has 2 aromatic heterocycles. The molecule has 0 aromatic carbocycles. The predicted octanol–water partition coefficient (Wildman–Crippen LogP) is 4.51. The zero-order valence-electron chi connectivity index (χ0n) is 9.60. The lowest BCUT2D eigenvalue weighted by atomic mass is 10.2. The number of pyridine rings is 1. The average molecular weight is 313 g/mol. The lowest BCUT2D eigenvalue weighted by molar-refractivity contribution is 0.546. The maximum absolute atomic E-state index is 5.94. The van der Waals surface area contributed by atoms with Crippen molar-refractivity contribution in [3.63, 3.8) is 0 Å². The van der Waals surface area contributed by atoms with Gasteiger partial charge in [0.1, 0.15) is 16.4 Å². The fourth-order valence-corrected chi connectivity index (χ4v) is 2.46. The van der Waals surface area contributed by atoms with Gasteiger partial charge in [0, 0.05) is 12.8 Å². The highest BCUT2D eigenvalue weighted by atomic mass is 79.9. The van der Waals surface area contributed by atoms with Gasteiger partial charge in [-0.25, -0.2) is 4.98 Å². The van der Waals surface area contributed by atoms with Gasteiger partial charge in [-0.2, -0.15) is 0 Å². The molecule has 0 bridgehead atoms. The number of rotatable bonds is 2. The smallest absolute Gasteiger partial charge is 0.156 e. The van der Waals surface area contributed by atoms with Gasteiger partial charge in [-0.1, -0.05) is 11.6 Å². The van der Waals surface area contributed by atoms with E-state index in [1.165, 1.54) is 0 Å². The van der Waals surface area contributed by atoms with Gasteiger partial charge in [0.25, 0.3) is 0 Å². The van der Waals surface area contributed by atoms with Gasteiger partial charge in [0.2, 0.25) is 0 Å². The van der Waals surface area contributed by atoms with Crippen molar-refractivity contribution < 1.29 is 4.42 Å². The highest BCUT2D eigenvalue weighted by Crippen LogP contribution is 2.33. The van der Waals surface area contributed by atoms with Crippen molar-refractivity contribution in [2.45, 2.75) is 26.7 Å². The predicted molar refractivity (Wildman–Crippen MR) is 73.2 cm³/mol. The Bertz CT molecular complexity index is 622. The molecule has 4 heteroatoms. The Morgan fingerprint density at radius 2 is 2.29 bits per heavy atom. The number of halogens is 2. The maximum Gasteiger partial charge on any atom is 0.156 e. The number of aryl methyl sites for hydroxylation is 2. The van der Waals surface area contributed by atoms with Gasteiger partial charge < -0.3 is 4.42 Å². The normalized spacial score (nSPS) is 10.4. The number of hydrogen-bond acceptors (Lipinski definition) is 2. The molecule has 0 saturated heterocycles. The SMILES string of the molecule is CC#CCCc1oc2c(C)cc(Cl)nc2c1Br. The molecular weight excluding hydrogens is 302 g/mol. The Balaban J connectivity index is 2.48. The van der Waals surface area contributed by atoms with Crippen molar-refractivity contribution in [1.29, 1.82) is 0 Å². The number of hydrogen-bond donors (Lipinski definition) is 0. The Labute approximate surface area is 113 Å². The van der Waals surface area contributed by atoms with Gasteiger partial charge in [0.15, 0.2) is 5.58 Å². The molecule has 0 atom stereocenters. The molecule has 0 aliphatic rings. The zero-order valence-corrected chi connectivity index (χ0v) is 11.9. The first kappa shape index (κ1) is 12.5. The van der Waals surface area contributed by atoms with E-state index in [1.807, 2.05) is 13.8 Å². The third kappa shape index (κ3) is 2.48. The van der Waals surface area contributed by atoms with Gasteiger partial charge in [-0.05, 0) is 41.4 Å². The first-order valence-corrected chi connectivity index (χ1v) is 6.44. The Hall–Kier alpha value is -0.980. The molecule has 0 unspecified atom stereocenters. The summed E-state index contributed by atoms with van der Waals surface area (Å²) in [6.45, 7) is 3.79. The second kappa shape index (κ2) is 5.12. The Kier molecular flexibility index (Phi) is 3.76. The van der Waals surface area contributed by atoms with Crippen LogP contribution in [-0.2, 0) is 6.42 Å². The summed E-state index contributed by atoms with van der Waals surface area (Å²) in [7, 11) is 0. The largest absolute Gasteiger partial charge is 0.458 e. The van der Waals surface area contributed by atoms with E-state index in [0.29, 0.717) is 5.15 Å². The van der Waals surface area contributed by atoms with Crippen LogP contribution in [0.25, 0.3) is 11.1 Å². The lowest BCUT2D eigenvalue weighted by Crippen LogP contribution is -1.81. The topological polar surface area (TPSA) is 26.0 Å². The van der Waals surface area contributed by atoms with Crippen LogP contribution in [0.15, 0.2) is 15.0 Å². The molecule has 0 aliphatic carbocycles. The molecule has 2 nitrogen and oxygen atoms in total. The molecule has 0 spiro atoms. The minimum atomic E-state index is 0.483. The van der Waals surface area contributed by atoms with E-state index >= 15 is 0 Å². The van der Waals surface area contributed by atoms with Gasteiger partial charge in [-0.3, -0.25) is 0 Å². The van der Waals surface area contributed by atoms with Gasteiger partial charge in [0.05, 0.1) is 4.47 Å². The third-order valence-electron chi connectivity index (χ3n) is 2.46. The van der Waals surface area contributed by atoms with Crippen LogP contribution in [0.1, 0.15) is 24.7 Å². The minimum Gasteiger partial charge on any atom is -0.458 e. The summed E-state index contributed by atoms with van der Waals surface area (Å²) < 4.78 is 6.68. The summed E-state index contributed by atoms with van der Waals surface area (Å²) in [6.07, 6.45) is 1.55. The number of nitrogens with zero attached hydrogens (tertiary/aromatic N) is 1. The quantitative estimate of drug-likeness (QED) is 0.602. The van der Waals surface area contributed by atoms with Crippen molar-refractivity contribution >= 4 is 38.6 Å². The van der Waals surface area contributed by atoms with Crippen molar-refractivity contribution in [3.05, 3.63) is 27.0 Å². The molecular formula is C13H11BrClNO. The van der Waals surface area contributed by atoms with E-state index < -0.39 is 0 Å². The van der Waals surface area contributed by atoms with Crippen LogP contribution in [0.2, 0.25) is 5.15 Å². The molecule has 0 amide bonds. The average Bonchev–Trinajstić information content (AvgIpc) is 2.58. The van der Waals surface area contributed by atoms with Crippen molar-refractivity contribution in [3.8, 4) is 11.8 Å². The summed E-state index contributed by atoms with van der Waals surface area (Å²) in [5, 5.41) is 0.483. The number of furan rings is 1. The molecule has 88 valence electrons. The van der Waals surface area contributed by atoms with Crippen molar-refractivity contribution in [1.82, 2.24) is 4.98 Å². The Morgan fingerprint density at radius 3 is 3.00 bits per heavy atom. The first-order chi connectivity index (χ1) is 8.13. The van der Waals surface area contributed by atoms with Gasteiger partial charge >= 0.3 is 0 Å². The second-order valence-electron chi connectivity index (χ2n) is 3.71. The second-order valence-corrected chi connectivity index (χ2v) is 4.89. The monoisotopic (exact) mass is 311 g/mol. The van der Waals surface area contributed by atoms with E-state index in [4.69, 9.17) is 16.0 Å². The van der Waals surface area contributed by atoms with E-state index in [-0.39, 0.29) is 0 Å². The molecule has 0 N–H and O–H groups in total. The minimum absolute atomic E-state index is 0.483. The highest BCUT2D eigenvalue weighted by molar-refractivity contribution is 9.10. The van der Waals surface area contributed by atoms with E-state index in [9.17, 15) is 0 Å². The summed E-state index contributed by atoms with van der Waals surface area (Å²) >= 11 is 9.45. The fraction of sp³-hybridized carbons (Fsp3) is 0.308. The molecule has 2 heterocycles. The van der Waals surface area contributed by atoms with Crippen LogP contribution < -0.4 is 0 Å². The molecule has 2 rings (SSSR count).